The van der Waals surface area contributed by atoms with E-state index in [4.69, 9.17) is 9.72 Å². The molecule has 2 saturated carbocycles. The first-order valence-electron chi connectivity index (χ1n) is 15.7. The van der Waals surface area contributed by atoms with E-state index >= 15 is 0 Å². The van der Waals surface area contributed by atoms with Crippen molar-refractivity contribution in [2.24, 2.45) is 5.41 Å². The van der Waals surface area contributed by atoms with Crippen molar-refractivity contribution < 1.29 is 14.3 Å². The highest BCUT2D eigenvalue weighted by atomic mass is 16.5. The van der Waals surface area contributed by atoms with Gasteiger partial charge in [-0.3, -0.25) is 9.59 Å². The molecule has 3 aliphatic heterocycles. The molecular formula is C32H43N7O3. The van der Waals surface area contributed by atoms with E-state index in [-0.39, 0.29) is 23.3 Å². The van der Waals surface area contributed by atoms with Gasteiger partial charge in [-0.25, -0.2) is 4.98 Å². The summed E-state index contributed by atoms with van der Waals surface area (Å²) < 4.78 is 5.71. The maximum atomic E-state index is 13.4. The number of hydrogen-bond donors (Lipinski definition) is 2. The first-order chi connectivity index (χ1) is 20.3. The molecule has 4 heterocycles. The van der Waals surface area contributed by atoms with Gasteiger partial charge in [0.15, 0.2) is 5.82 Å². The van der Waals surface area contributed by atoms with Crippen LogP contribution in [0.1, 0.15) is 81.0 Å². The second-order valence-electron chi connectivity index (χ2n) is 13.2. The lowest BCUT2D eigenvalue weighted by atomic mass is 9.82. The highest BCUT2D eigenvalue weighted by molar-refractivity contribution is 6.03. The number of hydrogen-bond acceptors (Lipinski definition) is 8. The van der Waals surface area contributed by atoms with Crippen LogP contribution in [0.4, 0.5) is 23.1 Å². The topological polar surface area (TPSA) is 103 Å². The molecule has 2 aliphatic carbocycles. The predicted octanol–water partition coefficient (Wildman–Crippen LogP) is 4.48. The molecule has 2 saturated heterocycles. The van der Waals surface area contributed by atoms with Gasteiger partial charge in [0, 0.05) is 43.3 Å². The summed E-state index contributed by atoms with van der Waals surface area (Å²) in [4.78, 5) is 42.9. The summed E-state index contributed by atoms with van der Waals surface area (Å²) in [5.74, 6) is 1.92. The highest BCUT2D eigenvalue weighted by Crippen LogP contribution is 2.52. The second kappa shape index (κ2) is 10.7. The van der Waals surface area contributed by atoms with E-state index in [1.54, 1.807) is 24.3 Å². The molecule has 2 atom stereocenters. The van der Waals surface area contributed by atoms with E-state index in [9.17, 15) is 9.59 Å². The summed E-state index contributed by atoms with van der Waals surface area (Å²) >= 11 is 0. The minimum Gasteiger partial charge on any atom is -0.495 e. The first kappa shape index (κ1) is 27.4. The van der Waals surface area contributed by atoms with Gasteiger partial charge in [0.25, 0.3) is 5.91 Å². The second-order valence-corrected chi connectivity index (χ2v) is 13.2. The van der Waals surface area contributed by atoms with Crippen LogP contribution in [0.3, 0.4) is 0 Å². The van der Waals surface area contributed by atoms with Gasteiger partial charge in [0.1, 0.15) is 11.4 Å². The Labute approximate surface area is 248 Å². The first-order valence-corrected chi connectivity index (χ1v) is 15.7. The number of aromatic nitrogens is 2. The third-order valence-corrected chi connectivity index (χ3v) is 10.6. The van der Waals surface area contributed by atoms with Crippen LogP contribution in [0.2, 0.25) is 0 Å². The fraction of sp³-hybridized carbons (Fsp3) is 0.625. The van der Waals surface area contributed by atoms with Gasteiger partial charge in [0.05, 0.1) is 24.4 Å². The SMILES string of the molecule is COc1cc(C(=O)NC2CC3CCCC(C2)N3C)ccc1Nc1ncc2c(n1)N(C1CCCC1)CC1(CC1)C(=O)N2C. The molecule has 1 aromatic carbocycles. The molecule has 42 heavy (non-hydrogen) atoms. The molecular weight excluding hydrogens is 530 g/mol. The molecule has 2 N–H and O–H groups in total. The number of amides is 2. The van der Waals surface area contributed by atoms with E-state index in [0.29, 0.717) is 41.1 Å². The molecule has 7 rings (SSSR count). The Bertz CT molecular complexity index is 1360. The largest absolute Gasteiger partial charge is 0.495 e. The standard InChI is InChI=1S/C32H43N7O3/c1-37-23-9-6-10-24(37)17-21(16-23)34-29(40)20-11-12-25(27(15-20)42-3)35-31-33-18-26-28(36-31)39(22-7-4-5-8-22)19-32(13-14-32)30(41)38(26)2/h11-12,15,18,21-24H,4-10,13-14,16-17,19H2,1-3H3,(H,34,40)(H,33,35,36). The van der Waals surface area contributed by atoms with Gasteiger partial charge >= 0.3 is 0 Å². The average molecular weight is 574 g/mol. The molecule has 2 bridgehead atoms. The predicted molar refractivity (Wildman–Crippen MR) is 163 cm³/mol. The molecule has 10 nitrogen and oxygen atoms in total. The fourth-order valence-electron chi connectivity index (χ4n) is 7.91. The molecule has 1 spiro atoms. The van der Waals surface area contributed by atoms with Gasteiger partial charge in [-0.1, -0.05) is 19.3 Å². The number of fused-ring (bicyclic) bond motifs is 3. The van der Waals surface area contributed by atoms with E-state index in [0.717, 1.165) is 56.6 Å². The van der Waals surface area contributed by atoms with Gasteiger partial charge in [-0.15, -0.1) is 0 Å². The molecule has 0 radical (unpaired) electrons. The Hall–Kier alpha value is -3.40. The number of carbonyl (C=O) groups is 2. The number of piperidine rings is 2. The number of nitrogens with one attached hydrogen (secondary N) is 2. The van der Waals surface area contributed by atoms with Crippen LogP contribution in [0.5, 0.6) is 5.75 Å². The number of ether oxygens (including phenoxy) is 1. The lowest BCUT2D eigenvalue weighted by molar-refractivity contribution is -0.122. The summed E-state index contributed by atoms with van der Waals surface area (Å²) in [5, 5.41) is 6.62. The number of methoxy groups -OCH3 is 1. The van der Waals surface area contributed by atoms with Crippen LogP contribution >= 0.6 is 0 Å². The molecule has 224 valence electrons. The highest BCUT2D eigenvalue weighted by Gasteiger charge is 2.55. The lowest BCUT2D eigenvalue weighted by Gasteiger charge is -2.47. The van der Waals surface area contributed by atoms with E-state index in [1.807, 2.05) is 19.2 Å². The summed E-state index contributed by atoms with van der Waals surface area (Å²) in [7, 11) is 5.68. The van der Waals surface area contributed by atoms with E-state index in [1.165, 1.54) is 32.1 Å². The van der Waals surface area contributed by atoms with Crippen molar-refractivity contribution in [2.75, 3.05) is 42.9 Å². The fourth-order valence-corrected chi connectivity index (χ4v) is 7.91. The molecule has 5 aliphatic rings. The van der Waals surface area contributed by atoms with Crippen molar-refractivity contribution in [3.05, 3.63) is 30.0 Å². The van der Waals surface area contributed by atoms with Crippen molar-refractivity contribution in [3.8, 4) is 5.75 Å². The lowest BCUT2D eigenvalue weighted by Crippen LogP contribution is -2.55. The number of carbonyl (C=O) groups excluding carboxylic acids is 2. The summed E-state index contributed by atoms with van der Waals surface area (Å²) in [6.07, 6.45) is 14.0. The molecule has 2 aromatic rings. The van der Waals surface area contributed by atoms with Crippen LogP contribution in [-0.4, -0.2) is 78.6 Å². The van der Waals surface area contributed by atoms with Crippen molar-refractivity contribution in [1.82, 2.24) is 20.2 Å². The minimum absolute atomic E-state index is 0.0670. The summed E-state index contributed by atoms with van der Waals surface area (Å²) in [6.45, 7) is 0.718. The van der Waals surface area contributed by atoms with Gasteiger partial charge in [0.2, 0.25) is 11.9 Å². The Morgan fingerprint density at radius 2 is 1.74 bits per heavy atom. The zero-order chi connectivity index (χ0) is 29.0. The molecule has 2 amide bonds. The van der Waals surface area contributed by atoms with Crippen molar-refractivity contribution in [1.29, 1.82) is 0 Å². The summed E-state index contributed by atoms with van der Waals surface area (Å²) in [6, 6.07) is 7.17. The molecule has 10 heteroatoms. The quantitative estimate of drug-likeness (QED) is 0.522. The van der Waals surface area contributed by atoms with Crippen molar-refractivity contribution in [3.63, 3.8) is 0 Å². The zero-order valence-corrected chi connectivity index (χ0v) is 25.1. The van der Waals surface area contributed by atoms with Crippen LogP contribution in [0.15, 0.2) is 24.4 Å². The number of rotatable bonds is 6. The minimum atomic E-state index is -0.294. The van der Waals surface area contributed by atoms with Crippen LogP contribution < -0.4 is 25.2 Å². The van der Waals surface area contributed by atoms with E-state index < -0.39 is 0 Å². The average Bonchev–Trinajstić information content (AvgIpc) is 3.59. The number of benzene rings is 1. The Morgan fingerprint density at radius 1 is 1.02 bits per heavy atom. The van der Waals surface area contributed by atoms with Crippen LogP contribution in [0.25, 0.3) is 0 Å². The zero-order valence-electron chi connectivity index (χ0n) is 25.1. The van der Waals surface area contributed by atoms with Crippen molar-refractivity contribution in [2.45, 2.75) is 94.8 Å². The summed E-state index contributed by atoms with van der Waals surface area (Å²) in [5.41, 5.74) is 1.73. The van der Waals surface area contributed by atoms with Gasteiger partial charge in [-0.05, 0) is 76.6 Å². The maximum absolute atomic E-state index is 13.4. The van der Waals surface area contributed by atoms with Crippen LogP contribution in [0, 0.1) is 5.41 Å². The van der Waals surface area contributed by atoms with Crippen molar-refractivity contribution >= 4 is 35.0 Å². The van der Waals surface area contributed by atoms with Gasteiger partial charge in [-0.2, -0.15) is 4.98 Å². The Balaban J connectivity index is 1.11. The molecule has 1 aromatic heterocycles. The van der Waals surface area contributed by atoms with Gasteiger partial charge < -0.3 is 30.1 Å². The Morgan fingerprint density at radius 3 is 2.43 bits per heavy atom. The molecule has 2 unspecified atom stereocenters. The molecule has 4 fully saturated rings. The number of anilines is 4. The third-order valence-electron chi connectivity index (χ3n) is 10.6. The third kappa shape index (κ3) is 4.87. The monoisotopic (exact) mass is 573 g/mol. The number of nitrogens with zero attached hydrogens (tertiary/aromatic N) is 5. The maximum Gasteiger partial charge on any atom is 0.251 e. The smallest absolute Gasteiger partial charge is 0.251 e. The van der Waals surface area contributed by atoms with E-state index in [2.05, 4.69) is 32.5 Å². The van der Waals surface area contributed by atoms with Crippen LogP contribution in [-0.2, 0) is 4.79 Å². The normalized spacial score (nSPS) is 27.0. The Kier molecular flexibility index (Phi) is 6.99.